The normalized spacial score (nSPS) is 27.3. The van der Waals surface area contributed by atoms with Crippen molar-refractivity contribution >= 4 is 0 Å². The third-order valence-electron chi connectivity index (χ3n) is 0.769. The van der Waals surface area contributed by atoms with Crippen LogP contribution in [0.3, 0.4) is 0 Å². The van der Waals surface area contributed by atoms with Gasteiger partial charge in [-0.25, -0.2) is 0 Å². The third kappa shape index (κ3) is 1.07. The Morgan fingerprint density at radius 2 is 2.29 bits per heavy atom. The monoisotopic (exact) mass is 95.0 g/mol. The van der Waals surface area contributed by atoms with E-state index in [9.17, 15) is 0 Å². The van der Waals surface area contributed by atoms with Crippen LogP contribution in [0.25, 0.3) is 0 Å². The van der Waals surface area contributed by atoms with Crippen molar-refractivity contribution in [1.29, 1.82) is 0 Å². The Balaban J connectivity index is 2.49. The molecular weight excluding hydrogens is 88.1 g/mol. The minimum atomic E-state index is 0.0185. The Kier molecular flexibility index (Phi) is 1.16. The lowest BCUT2D eigenvalue weighted by Crippen LogP contribution is -2.00. The molecule has 0 aromatic rings. The molecule has 37 valence electrons. The summed E-state index contributed by atoms with van der Waals surface area (Å²) in [4.78, 5) is 0. The highest BCUT2D eigenvalue weighted by molar-refractivity contribution is 5.07. The van der Waals surface area contributed by atoms with E-state index < -0.39 is 0 Å². The lowest BCUT2D eigenvalue weighted by atomic mass is 10.3. The number of rotatable bonds is 0. The molecule has 1 aliphatic rings. The van der Waals surface area contributed by atoms with Gasteiger partial charge in [0.05, 0.1) is 6.26 Å². The molecule has 0 aliphatic carbocycles. The molecule has 1 unspecified atom stereocenters. The summed E-state index contributed by atoms with van der Waals surface area (Å²) >= 11 is 0. The zero-order chi connectivity index (χ0) is 5.11. The van der Waals surface area contributed by atoms with Gasteiger partial charge in [0.2, 0.25) is 0 Å². The SMILES string of the molecule is [CH2]C1C=CC=CO1. The van der Waals surface area contributed by atoms with Gasteiger partial charge in [0.1, 0.15) is 6.10 Å². The maximum absolute atomic E-state index is 4.90. The Labute approximate surface area is 43.3 Å². The quantitative estimate of drug-likeness (QED) is 0.440. The molecule has 1 heteroatoms. The van der Waals surface area contributed by atoms with Gasteiger partial charge in [0, 0.05) is 0 Å². The first-order valence-corrected chi connectivity index (χ1v) is 2.21. The number of ether oxygens (including phenoxy) is 1. The van der Waals surface area contributed by atoms with Crippen LogP contribution in [0, 0.1) is 6.92 Å². The standard InChI is InChI=1S/C6H7O/c1-6-4-2-3-5-7-6/h2-6H,1H2. The van der Waals surface area contributed by atoms with Crippen LogP contribution in [-0.2, 0) is 4.74 Å². The minimum Gasteiger partial charge on any atom is -0.494 e. The van der Waals surface area contributed by atoms with Crippen molar-refractivity contribution in [3.05, 3.63) is 31.4 Å². The molecule has 0 saturated carbocycles. The van der Waals surface area contributed by atoms with Crippen LogP contribution < -0.4 is 0 Å². The molecule has 7 heavy (non-hydrogen) atoms. The molecule has 1 nitrogen and oxygen atoms in total. The summed E-state index contributed by atoms with van der Waals surface area (Å²) in [7, 11) is 0. The molecule has 0 aromatic heterocycles. The van der Waals surface area contributed by atoms with Gasteiger partial charge >= 0.3 is 0 Å². The van der Waals surface area contributed by atoms with E-state index in [2.05, 4.69) is 6.92 Å². The first kappa shape index (κ1) is 4.44. The highest BCUT2D eigenvalue weighted by atomic mass is 16.5. The fourth-order valence-corrected chi connectivity index (χ4v) is 0.425. The van der Waals surface area contributed by atoms with Gasteiger partial charge in [0.15, 0.2) is 0 Å². The summed E-state index contributed by atoms with van der Waals surface area (Å²) in [6.45, 7) is 3.64. The van der Waals surface area contributed by atoms with Crippen LogP contribution in [0.15, 0.2) is 24.5 Å². The highest BCUT2D eigenvalue weighted by Crippen LogP contribution is 1.98. The first-order valence-electron chi connectivity index (χ1n) is 2.21. The molecule has 1 radical (unpaired) electrons. The lowest BCUT2D eigenvalue weighted by molar-refractivity contribution is 0.222. The maximum Gasteiger partial charge on any atom is 0.116 e. The van der Waals surface area contributed by atoms with Crippen LogP contribution in [0.1, 0.15) is 0 Å². The van der Waals surface area contributed by atoms with Gasteiger partial charge in [-0.2, -0.15) is 0 Å². The molecule has 0 spiro atoms. The molecule has 1 heterocycles. The predicted octanol–water partition coefficient (Wildman–Crippen LogP) is 1.29. The van der Waals surface area contributed by atoms with Crippen LogP contribution >= 0.6 is 0 Å². The van der Waals surface area contributed by atoms with Crippen LogP contribution in [0.5, 0.6) is 0 Å². The van der Waals surface area contributed by atoms with Gasteiger partial charge in [-0.15, -0.1) is 0 Å². The van der Waals surface area contributed by atoms with Crippen molar-refractivity contribution in [2.75, 3.05) is 0 Å². The van der Waals surface area contributed by atoms with E-state index in [0.29, 0.717) is 0 Å². The van der Waals surface area contributed by atoms with E-state index in [1.165, 1.54) is 0 Å². The second-order valence-corrected chi connectivity index (χ2v) is 1.39. The van der Waals surface area contributed by atoms with E-state index in [1.807, 2.05) is 18.2 Å². The van der Waals surface area contributed by atoms with E-state index in [4.69, 9.17) is 4.74 Å². The summed E-state index contributed by atoms with van der Waals surface area (Å²) in [5.41, 5.74) is 0. The highest BCUT2D eigenvalue weighted by Gasteiger charge is 1.92. The second-order valence-electron chi connectivity index (χ2n) is 1.39. The smallest absolute Gasteiger partial charge is 0.116 e. The first-order chi connectivity index (χ1) is 3.39. The van der Waals surface area contributed by atoms with Crippen LogP contribution in [0.2, 0.25) is 0 Å². The molecule has 0 bridgehead atoms. The number of allylic oxidation sites excluding steroid dienone is 2. The Hall–Kier alpha value is -0.720. The largest absolute Gasteiger partial charge is 0.494 e. The predicted molar refractivity (Wildman–Crippen MR) is 28.5 cm³/mol. The lowest BCUT2D eigenvalue weighted by Gasteiger charge is -2.06. The molecule has 0 amide bonds. The number of hydrogen-bond donors (Lipinski definition) is 0. The third-order valence-corrected chi connectivity index (χ3v) is 0.769. The van der Waals surface area contributed by atoms with Gasteiger partial charge in [-0.3, -0.25) is 0 Å². The summed E-state index contributed by atoms with van der Waals surface area (Å²) in [6, 6.07) is 0. The van der Waals surface area contributed by atoms with Gasteiger partial charge in [0.25, 0.3) is 0 Å². The second kappa shape index (κ2) is 1.82. The maximum atomic E-state index is 4.90. The average molecular weight is 95.1 g/mol. The molecular formula is C6H7O. The molecule has 1 atom stereocenters. The summed E-state index contributed by atoms with van der Waals surface area (Å²) < 4.78 is 4.90. The molecule has 0 saturated heterocycles. The van der Waals surface area contributed by atoms with Crippen molar-refractivity contribution in [2.24, 2.45) is 0 Å². The summed E-state index contributed by atoms with van der Waals surface area (Å²) in [5, 5.41) is 0. The average Bonchev–Trinajstić information content (AvgIpc) is 1.69. The zero-order valence-electron chi connectivity index (χ0n) is 4.00. The van der Waals surface area contributed by atoms with Crippen molar-refractivity contribution in [3.8, 4) is 0 Å². The van der Waals surface area contributed by atoms with Crippen molar-refractivity contribution < 1.29 is 4.74 Å². The van der Waals surface area contributed by atoms with Crippen molar-refractivity contribution in [2.45, 2.75) is 6.10 Å². The van der Waals surface area contributed by atoms with Crippen molar-refractivity contribution in [3.63, 3.8) is 0 Å². The summed E-state index contributed by atoms with van der Waals surface area (Å²) in [5.74, 6) is 0. The molecule has 1 aliphatic heterocycles. The van der Waals surface area contributed by atoms with Crippen LogP contribution in [0.4, 0.5) is 0 Å². The molecule has 0 aromatic carbocycles. The Morgan fingerprint density at radius 3 is 2.57 bits per heavy atom. The molecule has 0 N–H and O–H groups in total. The fourth-order valence-electron chi connectivity index (χ4n) is 0.425. The van der Waals surface area contributed by atoms with Crippen LogP contribution in [-0.4, -0.2) is 6.10 Å². The Morgan fingerprint density at radius 1 is 1.43 bits per heavy atom. The Bertz CT molecular complexity index is 103. The fraction of sp³-hybridized carbons (Fsp3) is 0.167. The molecule has 1 rings (SSSR count). The van der Waals surface area contributed by atoms with Gasteiger partial charge in [-0.1, -0.05) is 6.08 Å². The van der Waals surface area contributed by atoms with E-state index >= 15 is 0 Å². The van der Waals surface area contributed by atoms with Crippen molar-refractivity contribution in [1.82, 2.24) is 0 Å². The van der Waals surface area contributed by atoms with Gasteiger partial charge < -0.3 is 4.74 Å². The summed E-state index contributed by atoms with van der Waals surface area (Å²) in [6.07, 6.45) is 7.30. The van der Waals surface area contributed by atoms with E-state index in [-0.39, 0.29) is 6.10 Å². The topological polar surface area (TPSA) is 9.23 Å². The molecule has 0 fully saturated rings. The van der Waals surface area contributed by atoms with E-state index in [0.717, 1.165) is 0 Å². The van der Waals surface area contributed by atoms with E-state index in [1.54, 1.807) is 6.26 Å². The zero-order valence-corrected chi connectivity index (χ0v) is 4.00. The number of hydrogen-bond acceptors (Lipinski definition) is 1. The van der Waals surface area contributed by atoms with Gasteiger partial charge in [-0.05, 0) is 19.1 Å². The minimum absolute atomic E-state index is 0.0185.